The Morgan fingerprint density at radius 1 is 1.10 bits per heavy atom. The Bertz CT molecular complexity index is 1090. The minimum atomic E-state index is -0.106. The molecule has 0 atom stereocenters. The van der Waals surface area contributed by atoms with Crippen molar-refractivity contribution in [3.05, 3.63) is 82.5 Å². The number of benzene rings is 2. The number of hydrogen-bond acceptors (Lipinski definition) is 3. The maximum absolute atomic E-state index is 12.9. The lowest BCUT2D eigenvalue weighted by Gasteiger charge is -2.19. The number of nitriles is 1. The van der Waals surface area contributed by atoms with Crippen molar-refractivity contribution in [2.45, 2.75) is 26.8 Å². The molecule has 2 heterocycles. The Morgan fingerprint density at radius 2 is 1.83 bits per heavy atom. The number of carbonyl (C=O) groups excluding carboxylic acids is 1. The van der Waals surface area contributed by atoms with E-state index in [0.29, 0.717) is 17.9 Å². The van der Waals surface area contributed by atoms with Gasteiger partial charge in [-0.2, -0.15) is 5.26 Å². The van der Waals surface area contributed by atoms with Crippen LogP contribution >= 0.6 is 0 Å². The molecule has 2 aromatic carbocycles. The van der Waals surface area contributed by atoms with Crippen molar-refractivity contribution in [1.29, 1.82) is 5.26 Å². The molecule has 0 saturated heterocycles. The van der Waals surface area contributed by atoms with E-state index in [9.17, 15) is 10.1 Å². The van der Waals surface area contributed by atoms with Gasteiger partial charge >= 0.3 is 0 Å². The fourth-order valence-corrected chi connectivity index (χ4v) is 4.01. The van der Waals surface area contributed by atoms with Gasteiger partial charge in [-0.3, -0.25) is 4.79 Å². The van der Waals surface area contributed by atoms with Gasteiger partial charge in [0.2, 0.25) is 5.91 Å². The molecule has 1 aromatic heterocycles. The van der Waals surface area contributed by atoms with Gasteiger partial charge in [-0.05, 0) is 43.0 Å². The molecule has 0 bridgehead atoms. The molecule has 0 fully saturated rings. The summed E-state index contributed by atoms with van der Waals surface area (Å²) in [7, 11) is 0. The monoisotopic (exact) mass is 384 g/mol. The molecular weight excluding hydrogens is 360 g/mol. The largest absolute Gasteiger partial charge is 0.362 e. The lowest BCUT2D eigenvalue weighted by atomic mass is 10.2. The Kier molecular flexibility index (Phi) is 5.09. The van der Waals surface area contributed by atoms with Gasteiger partial charge in [0.1, 0.15) is 11.9 Å². The molecule has 0 saturated carbocycles. The van der Waals surface area contributed by atoms with Crippen LogP contribution in [0.5, 0.6) is 0 Å². The molecule has 0 radical (unpaired) electrons. The summed E-state index contributed by atoms with van der Waals surface area (Å²) in [6, 6.07) is 20.5. The quantitative estimate of drug-likeness (QED) is 0.723. The van der Waals surface area contributed by atoms with E-state index in [1.54, 1.807) is 0 Å². The molecule has 3 aromatic rings. The molecule has 0 unspecified atom stereocenters. The number of carbonyl (C=O) groups is 1. The number of hydrogen-bond donors (Lipinski definition) is 1. The van der Waals surface area contributed by atoms with Gasteiger partial charge in [-0.25, -0.2) is 0 Å². The highest BCUT2D eigenvalue weighted by Crippen LogP contribution is 2.29. The zero-order valence-electron chi connectivity index (χ0n) is 16.8. The molecule has 0 aliphatic carbocycles. The highest BCUT2D eigenvalue weighted by Gasteiger charge is 2.23. The van der Waals surface area contributed by atoms with Crippen LogP contribution < -0.4 is 10.2 Å². The van der Waals surface area contributed by atoms with E-state index in [4.69, 9.17) is 0 Å². The van der Waals surface area contributed by atoms with Gasteiger partial charge in [0.15, 0.2) is 0 Å². The Labute approximate surface area is 171 Å². The normalized spacial score (nSPS) is 12.5. The standard InChI is InChI=1S/C24H24N4O/c1-17-18(2)28(15-19-8-4-3-5-9-19)24(21(17)14-25)26-23(29)16-27-13-12-20-10-6-7-11-22(20)27/h3-11H,12-13,15-16H2,1-2H3,(H,26,29). The summed E-state index contributed by atoms with van der Waals surface area (Å²) in [5.74, 6) is 0.480. The van der Waals surface area contributed by atoms with Crippen LogP contribution in [0.15, 0.2) is 54.6 Å². The Hall–Kier alpha value is -3.52. The summed E-state index contributed by atoms with van der Waals surface area (Å²) in [4.78, 5) is 15.0. The Morgan fingerprint density at radius 3 is 2.59 bits per heavy atom. The first-order valence-corrected chi connectivity index (χ1v) is 9.85. The maximum atomic E-state index is 12.9. The van der Waals surface area contributed by atoms with Crippen LogP contribution in [-0.2, 0) is 17.8 Å². The number of amides is 1. The van der Waals surface area contributed by atoms with E-state index in [1.165, 1.54) is 5.56 Å². The van der Waals surface area contributed by atoms with Crippen molar-refractivity contribution >= 4 is 17.4 Å². The molecule has 5 heteroatoms. The average molecular weight is 384 g/mol. The maximum Gasteiger partial charge on any atom is 0.245 e. The predicted molar refractivity (Wildman–Crippen MR) is 115 cm³/mol. The second-order valence-corrected chi connectivity index (χ2v) is 7.47. The van der Waals surface area contributed by atoms with E-state index in [-0.39, 0.29) is 12.5 Å². The molecule has 1 aliphatic rings. The first-order valence-electron chi connectivity index (χ1n) is 9.85. The molecule has 0 spiro atoms. The van der Waals surface area contributed by atoms with Crippen LogP contribution in [0, 0.1) is 25.2 Å². The van der Waals surface area contributed by atoms with Gasteiger partial charge in [-0.1, -0.05) is 48.5 Å². The van der Waals surface area contributed by atoms with Gasteiger partial charge in [-0.15, -0.1) is 0 Å². The van der Waals surface area contributed by atoms with Crippen molar-refractivity contribution in [3.8, 4) is 6.07 Å². The van der Waals surface area contributed by atoms with E-state index in [2.05, 4.69) is 28.4 Å². The van der Waals surface area contributed by atoms with E-state index >= 15 is 0 Å². The van der Waals surface area contributed by atoms with Crippen LogP contribution in [0.2, 0.25) is 0 Å². The van der Waals surface area contributed by atoms with Gasteiger partial charge < -0.3 is 14.8 Å². The lowest BCUT2D eigenvalue weighted by molar-refractivity contribution is -0.115. The van der Waals surface area contributed by atoms with E-state index < -0.39 is 0 Å². The predicted octanol–water partition coefficient (Wildman–Crippen LogP) is 4.03. The molecule has 1 N–H and O–H groups in total. The van der Waals surface area contributed by atoms with Crippen LogP contribution in [0.25, 0.3) is 0 Å². The third-order valence-electron chi connectivity index (χ3n) is 5.70. The molecule has 1 aliphatic heterocycles. The summed E-state index contributed by atoms with van der Waals surface area (Å²) < 4.78 is 2.03. The summed E-state index contributed by atoms with van der Waals surface area (Å²) in [6.45, 7) is 5.64. The number of para-hydroxylation sites is 1. The highest BCUT2D eigenvalue weighted by molar-refractivity contribution is 5.95. The molecule has 1 amide bonds. The summed E-state index contributed by atoms with van der Waals surface area (Å²) in [6.07, 6.45) is 0.954. The van der Waals surface area contributed by atoms with Crippen LogP contribution in [0.1, 0.15) is 27.9 Å². The number of rotatable bonds is 5. The third kappa shape index (κ3) is 3.62. The summed E-state index contributed by atoms with van der Waals surface area (Å²) in [5.41, 5.74) is 5.96. The second kappa shape index (κ2) is 7.84. The van der Waals surface area contributed by atoms with Crippen molar-refractivity contribution in [3.63, 3.8) is 0 Å². The number of anilines is 2. The fourth-order valence-electron chi connectivity index (χ4n) is 4.01. The van der Waals surface area contributed by atoms with Crippen LogP contribution in [0.4, 0.5) is 11.5 Å². The summed E-state index contributed by atoms with van der Waals surface area (Å²) >= 11 is 0. The molecule has 5 nitrogen and oxygen atoms in total. The lowest BCUT2D eigenvalue weighted by Crippen LogP contribution is -2.32. The summed E-state index contributed by atoms with van der Waals surface area (Å²) in [5, 5.41) is 12.7. The zero-order valence-corrected chi connectivity index (χ0v) is 16.8. The van der Waals surface area contributed by atoms with Crippen LogP contribution in [0.3, 0.4) is 0 Å². The number of nitrogens with zero attached hydrogens (tertiary/aromatic N) is 3. The zero-order chi connectivity index (χ0) is 20.4. The topological polar surface area (TPSA) is 61.1 Å². The van der Waals surface area contributed by atoms with Crippen molar-refractivity contribution in [1.82, 2.24) is 4.57 Å². The smallest absolute Gasteiger partial charge is 0.245 e. The number of aromatic nitrogens is 1. The van der Waals surface area contributed by atoms with Gasteiger partial charge in [0.05, 0.1) is 12.1 Å². The number of fused-ring (bicyclic) bond motifs is 1. The molecular formula is C24H24N4O. The minimum Gasteiger partial charge on any atom is -0.362 e. The van der Waals surface area contributed by atoms with Gasteiger partial charge in [0, 0.05) is 24.5 Å². The van der Waals surface area contributed by atoms with E-state index in [1.807, 2.05) is 60.9 Å². The molecule has 29 heavy (non-hydrogen) atoms. The van der Waals surface area contributed by atoms with E-state index in [0.717, 1.165) is 35.5 Å². The average Bonchev–Trinajstić information content (AvgIpc) is 3.23. The first-order chi connectivity index (χ1) is 14.1. The molecule has 4 rings (SSSR count). The third-order valence-corrected chi connectivity index (χ3v) is 5.70. The highest BCUT2D eigenvalue weighted by atomic mass is 16.2. The SMILES string of the molecule is Cc1c(C#N)c(NC(=O)CN2CCc3ccccc32)n(Cc2ccccc2)c1C. The first kappa shape index (κ1) is 18.8. The minimum absolute atomic E-state index is 0.106. The van der Waals surface area contributed by atoms with Crippen molar-refractivity contribution < 1.29 is 4.79 Å². The number of nitrogens with one attached hydrogen (secondary N) is 1. The fraction of sp³-hybridized carbons (Fsp3) is 0.250. The molecule has 146 valence electrons. The van der Waals surface area contributed by atoms with Gasteiger partial charge in [0.25, 0.3) is 0 Å². The second-order valence-electron chi connectivity index (χ2n) is 7.47. The van der Waals surface area contributed by atoms with Crippen molar-refractivity contribution in [2.24, 2.45) is 0 Å². The Balaban J connectivity index is 1.59. The van der Waals surface area contributed by atoms with Crippen LogP contribution in [-0.4, -0.2) is 23.6 Å². The van der Waals surface area contributed by atoms with Crippen molar-refractivity contribution in [2.75, 3.05) is 23.3 Å².